The molecule has 0 aliphatic rings. The molecule has 0 amide bonds. The lowest BCUT2D eigenvalue weighted by molar-refractivity contribution is 0.411. The normalized spacial score (nSPS) is 9.69. The fourth-order valence-corrected chi connectivity index (χ4v) is 1.23. The van der Waals surface area contributed by atoms with Crippen molar-refractivity contribution in [3.8, 4) is 5.75 Å². The van der Waals surface area contributed by atoms with Crippen molar-refractivity contribution in [3.63, 3.8) is 0 Å². The van der Waals surface area contributed by atoms with Crippen LogP contribution in [0.15, 0.2) is 18.2 Å². The standard InChI is InChI=1S/C9H11ClN2O/c1-13-8-5-7(10)3-2-6(8)4-9(11)12/h2-3,5H,4H2,1H3,(H3,11,12). The molecule has 0 radical (unpaired) electrons. The minimum Gasteiger partial charge on any atom is -0.496 e. The highest BCUT2D eigenvalue weighted by atomic mass is 35.5. The summed E-state index contributed by atoms with van der Waals surface area (Å²) in [4.78, 5) is 0. The van der Waals surface area contributed by atoms with Crippen molar-refractivity contribution >= 4 is 17.4 Å². The monoisotopic (exact) mass is 198 g/mol. The van der Waals surface area contributed by atoms with E-state index in [1.807, 2.05) is 6.07 Å². The van der Waals surface area contributed by atoms with E-state index < -0.39 is 0 Å². The molecule has 3 N–H and O–H groups in total. The van der Waals surface area contributed by atoms with E-state index in [1.54, 1.807) is 19.2 Å². The summed E-state index contributed by atoms with van der Waals surface area (Å²) < 4.78 is 5.09. The molecule has 0 spiro atoms. The van der Waals surface area contributed by atoms with Crippen LogP contribution in [-0.2, 0) is 6.42 Å². The summed E-state index contributed by atoms with van der Waals surface area (Å²) in [5.74, 6) is 0.781. The molecule has 70 valence electrons. The number of nitrogens with one attached hydrogen (secondary N) is 1. The molecule has 0 atom stereocenters. The number of hydrogen-bond donors (Lipinski definition) is 2. The van der Waals surface area contributed by atoms with E-state index in [0.29, 0.717) is 17.2 Å². The van der Waals surface area contributed by atoms with Gasteiger partial charge in [0.25, 0.3) is 0 Å². The molecule has 0 unspecified atom stereocenters. The highest BCUT2D eigenvalue weighted by molar-refractivity contribution is 6.30. The van der Waals surface area contributed by atoms with Crippen molar-refractivity contribution in [2.24, 2.45) is 5.73 Å². The third-order valence-corrected chi connectivity index (χ3v) is 1.87. The van der Waals surface area contributed by atoms with Crippen LogP contribution in [0.1, 0.15) is 5.56 Å². The highest BCUT2D eigenvalue weighted by Crippen LogP contribution is 2.23. The summed E-state index contributed by atoms with van der Waals surface area (Å²) in [5, 5.41) is 7.76. The fraction of sp³-hybridized carbons (Fsp3) is 0.222. The topological polar surface area (TPSA) is 59.1 Å². The van der Waals surface area contributed by atoms with Gasteiger partial charge in [-0.1, -0.05) is 17.7 Å². The van der Waals surface area contributed by atoms with Gasteiger partial charge < -0.3 is 10.5 Å². The molecule has 0 bridgehead atoms. The van der Waals surface area contributed by atoms with Crippen molar-refractivity contribution in [1.82, 2.24) is 0 Å². The number of methoxy groups -OCH3 is 1. The second-order valence-electron chi connectivity index (χ2n) is 2.66. The summed E-state index contributed by atoms with van der Waals surface area (Å²) in [6.07, 6.45) is 0.389. The Morgan fingerprint density at radius 3 is 2.85 bits per heavy atom. The molecule has 1 rings (SSSR count). The second kappa shape index (κ2) is 4.14. The fourth-order valence-electron chi connectivity index (χ4n) is 1.07. The smallest absolute Gasteiger partial charge is 0.123 e. The van der Waals surface area contributed by atoms with Gasteiger partial charge in [0, 0.05) is 17.0 Å². The molecule has 0 saturated heterocycles. The van der Waals surface area contributed by atoms with Gasteiger partial charge >= 0.3 is 0 Å². The van der Waals surface area contributed by atoms with Gasteiger partial charge in [-0.05, 0) is 12.1 Å². The summed E-state index contributed by atoms with van der Waals surface area (Å²) in [6, 6.07) is 5.27. The van der Waals surface area contributed by atoms with Gasteiger partial charge in [0.2, 0.25) is 0 Å². The molecular formula is C9H11ClN2O. The van der Waals surface area contributed by atoms with Crippen LogP contribution in [0.4, 0.5) is 0 Å². The van der Waals surface area contributed by atoms with Crippen LogP contribution in [-0.4, -0.2) is 12.9 Å². The Morgan fingerprint density at radius 2 is 2.31 bits per heavy atom. The zero-order valence-corrected chi connectivity index (χ0v) is 8.06. The first-order valence-electron chi connectivity index (χ1n) is 3.79. The maximum atomic E-state index is 7.15. The number of amidine groups is 1. The lowest BCUT2D eigenvalue weighted by atomic mass is 10.1. The third-order valence-electron chi connectivity index (χ3n) is 1.63. The minimum atomic E-state index is 0.112. The molecule has 0 aliphatic heterocycles. The van der Waals surface area contributed by atoms with E-state index in [2.05, 4.69) is 0 Å². The Labute approximate surface area is 82.0 Å². The summed E-state index contributed by atoms with van der Waals surface area (Å²) in [5.41, 5.74) is 6.16. The third kappa shape index (κ3) is 2.63. The summed E-state index contributed by atoms with van der Waals surface area (Å²) in [7, 11) is 1.56. The van der Waals surface area contributed by atoms with Gasteiger partial charge in [0.15, 0.2) is 0 Å². The van der Waals surface area contributed by atoms with Crippen molar-refractivity contribution in [1.29, 1.82) is 5.41 Å². The average Bonchev–Trinajstić information content (AvgIpc) is 2.07. The van der Waals surface area contributed by atoms with Crippen LogP contribution in [0.5, 0.6) is 5.75 Å². The molecule has 0 saturated carbocycles. The van der Waals surface area contributed by atoms with Crippen molar-refractivity contribution in [2.45, 2.75) is 6.42 Å². The van der Waals surface area contributed by atoms with Gasteiger partial charge in [-0.3, -0.25) is 5.41 Å². The molecule has 13 heavy (non-hydrogen) atoms. The predicted molar refractivity (Wildman–Crippen MR) is 53.6 cm³/mol. The Bertz CT molecular complexity index is 325. The van der Waals surface area contributed by atoms with E-state index in [1.165, 1.54) is 0 Å². The summed E-state index contributed by atoms with van der Waals surface area (Å²) in [6.45, 7) is 0. The molecule has 0 fully saturated rings. The highest BCUT2D eigenvalue weighted by Gasteiger charge is 2.04. The van der Waals surface area contributed by atoms with Gasteiger partial charge in [-0.25, -0.2) is 0 Å². The van der Waals surface area contributed by atoms with E-state index in [9.17, 15) is 0 Å². The van der Waals surface area contributed by atoms with Crippen LogP contribution < -0.4 is 10.5 Å². The lowest BCUT2D eigenvalue weighted by Crippen LogP contribution is -2.13. The van der Waals surface area contributed by atoms with Gasteiger partial charge in [-0.2, -0.15) is 0 Å². The van der Waals surface area contributed by atoms with Crippen LogP contribution >= 0.6 is 11.6 Å². The van der Waals surface area contributed by atoms with Crippen LogP contribution in [0.25, 0.3) is 0 Å². The maximum Gasteiger partial charge on any atom is 0.123 e. The summed E-state index contributed by atoms with van der Waals surface area (Å²) >= 11 is 5.77. The molecule has 0 heterocycles. The molecule has 0 aliphatic carbocycles. The second-order valence-corrected chi connectivity index (χ2v) is 3.09. The van der Waals surface area contributed by atoms with E-state index >= 15 is 0 Å². The first-order chi connectivity index (χ1) is 6.13. The first kappa shape index (κ1) is 9.86. The maximum absolute atomic E-state index is 7.15. The molecule has 3 nitrogen and oxygen atoms in total. The van der Waals surface area contributed by atoms with Gasteiger partial charge in [-0.15, -0.1) is 0 Å². The molecule has 1 aromatic carbocycles. The zero-order valence-electron chi connectivity index (χ0n) is 7.30. The SMILES string of the molecule is COc1cc(Cl)ccc1CC(=N)N. The van der Waals surface area contributed by atoms with Crippen molar-refractivity contribution in [2.75, 3.05) is 7.11 Å². The van der Waals surface area contributed by atoms with E-state index in [0.717, 1.165) is 5.56 Å². The number of nitrogens with two attached hydrogens (primary N) is 1. The Hall–Kier alpha value is -1.22. The largest absolute Gasteiger partial charge is 0.496 e. The van der Waals surface area contributed by atoms with E-state index in [-0.39, 0.29) is 5.84 Å². The predicted octanol–water partition coefficient (Wildman–Crippen LogP) is 1.83. The van der Waals surface area contributed by atoms with Gasteiger partial charge in [0.05, 0.1) is 12.9 Å². The number of rotatable bonds is 3. The van der Waals surface area contributed by atoms with Crippen LogP contribution in [0.2, 0.25) is 5.02 Å². The zero-order chi connectivity index (χ0) is 9.84. The number of hydrogen-bond acceptors (Lipinski definition) is 2. The first-order valence-corrected chi connectivity index (χ1v) is 4.16. The lowest BCUT2D eigenvalue weighted by Gasteiger charge is -2.07. The number of benzene rings is 1. The molecular weight excluding hydrogens is 188 g/mol. The van der Waals surface area contributed by atoms with Crippen molar-refractivity contribution < 1.29 is 4.74 Å². The molecule has 4 heteroatoms. The van der Waals surface area contributed by atoms with E-state index in [4.69, 9.17) is 27.5 Å². The quantitative estimate of drug-likeness (QED) is 0.575. The minimum absolute atomic E-state index is 0.112. The molecule has 1 aromatic rings. The van der Waals surface area contributed by atoms with Crippen LogP contribution in [0.3, 0.4) is 0 Å². The molecule has 0 aromatic heterocycles. The Morgan fingerprint density at radius 1 is 1.62 bits per heavy atom. The van der Waals surface area contributed by atoms with Gasteiger partial charge in [0.1, 0.15) is 5.75 Å². The van der Waals surface area contributed by atoms with Crippen molar-refractivity contribution in [3.05, 3.63) is 28.8 Å². The van der Waals surface area contributed by atoms with Crippen LogP contribution in [0, 0.1) is 5.41 Å². The Balaban J connectivity index is 2.99. The Kier molecular flexibility index (Phi) is 3.14. The average molecular weight is 199 g/mol. The number of halogens is 1. The number of ether oxygens (including phenoxy) is 1.